The number of carboxylic acids is 1. The fraction of sp³-hybridized carbons (Fsp3) is 0.532. The molecule has 7 aliphatic rings. The average Bonchev–Trinajstić information content (AvgIpc) is 1.47. The number of ketones is 3. The second-order valence-electron chi connectivity index (χ2n) is 23.7. The van der Waals surface area contributed by atoms with E-state index >= 15 is 14.0 Å². The molecule has 0 radical (unpaired) electrons. The number of rotatable bonds is 10. The van der Waals surface area contributed by atoms with Gasteiger partial charge in [-0.25, -0.2) is 9.18 Å². The maximum Gasteiger partial charge on any atom is 0.341 e. The molecule has 6 heterocycles. The Morgan fingerprint density at radius 3 is 2.20 bits per heavy atom. The van der Waals surface area contributed by atoms with E-state index in [0.29, 0.717) is 37.9 Å². The maximum absolute atomic E-state index is 16.3. The standard InChI is InChI=1S/C62H76FN5O16/c1-28-13-12-14-29(2)60(77)65-46-49(66-22-18-37(19-23-66)64-34(7)36-17-21-67(26-36)48-41(63)25-39-47(58(48)81-11)68(38-15-16-38)27-40(53(39)73)61(78)79)55(75)43-44(54(46)74)52(72)33(6)57-45(43)59(76)62(9,84-57)82-24-20-42(80-10)30(3)56(83-35(8)69)32(5)51(71)31(4)50(28)70/h12-14,20,24-25,27-28,30-32,34,36-38,42,50-51,56,64,70-72H,15-19,21-23,26H2,1-11H3,(H,65,77)(H,78,79)/t28-,30+,31+,32+,34?,36?,42-,50-,51+,56+,62-/m0/s1. The third kappa shape index (κ3) is 11.1. The zero-order valence-electron chi connectivity index (χ0n) is 49.2. The summed E-state index contributed by atoms with van der Waals surface area (Å²) in [6.07, 6.45) is 7.64. The van der Waals surface area contributed by atoms with Crippen LogP contribution in [0.4, 0.5) is 10.1 Å². The number of nitrogens with one attached hydrogen (secondary N) is 2. The molecule has 2 aliphatic carbocycles. The van der Waals surface area contributed by atoms with E-state index in [-0.39, 0.29) is 82.1 Å². The van der Waals surface area contributed by atoms with Crippen LogP contribution in [0.2, 0.25) is 0 Å². The molecule has 84 heavy (non-hydrogen) atoms. The minimum Gasteiger partial charge on any atom is -0.507 e. The molecule has 1 saturated carbocycles. The van der Waals surface area contributed by atoms with E-state index in [0.717, 1.165) is 18.9 Å². The van der Waals surface area contributed by atoms with Gasteiger partial charge >= 0.3 is 17.7 Å². The van der Waals surface area contributed by atoms with Crippen LogP contribution in [0, 0.1) is 42.3 Å². The number of esters is 1. The van der Waals surface area contributed by atoms with Crippen LogP contribution in [-0.4, -0.2) is 148 Å². The first-order chi connectivity index (χ1) is 39.7. The van der Waals surface area contributed by atoms with Crippen LogP contribution in [0.3, 0.4) is 0 Å². The Balaban J connectivity index is 1.00. The summed E-state index contributed by atoms with van der Waals surface area (Å²) in [5.41, 5.74) is -2.44. The van der Waals surface area contributed by atoms with Gasteiger partial charge in [0.1, 0.15) is 40.2 Å². The fourth-order valence-electron chi connectivity index (χ4n) is 12.9. The number of aromatic carboxylic acids is 1. The van der Waals surface area contributed by atoms with E-state index in [9.17, 15) is 44.4 Å². The lowest BCUT2D eigenvalue weighted by Crippen LogP contribution is -2.49. The highest BCUT2D eigenvalue weighted by Gasteiger charge is 2.53. The summed E-state index contributed by atoms with van der Waals surface area (Å²) < 4.78 is 47.7. The van der Waals surface area contributed by atoms with Gasteiger partial charge in [0.25, 0.3) is 11.7 Å². The molecule has 10 rings (SSSR count). The number of nitrogens with zero attached hydrogens (tertiary/aromatic N) is 3. The number of likely N-dealkylation sites (tertiary alicyclic amines) is 1. The first-order valence-corrected chi connectivity index (χ1v) is 28.7. The van der Waals surface area contributed by atoms with Gasteiger partial charge in [0, 0.05) is 106 Å². The molecule has 0 spiro atoms. The van der Waals surface area contributed by atoms with Crippen LogP contribution in [0.15, 0.2) is 64.6 Å². The number of methoxy groups -OCH3 is 2. The van der Waals surface area contributed by atoms with Crippen molar-refractivity contribution in [1.82, 2.24) is 20.1 Å². The highest BCUT2D eigenvalue weighted by atomic mass is 19.1. The second-order valence-corrected chi connectivity index (χ2v) is 23.7. The SMILES string of the molecule is COc1c(N2CCC(C(C)NC3CCN(C4=C5NC(=O)C(C)=CC=C[C@H](C)[C@H](O)[C@@H](C)[C@@H](O)[C@@H](C)[C@H](OC(C)=O)[C@H](C)[C@@H](OC)C=CO[C@@]6(C)Oc7c(C)c(O)c(c(c7C6=O)C4=O)C5=O)CC3)C2)c(F)cc2c(=O)c(C(=O)O)cn(C3CC3)c12. The molecular formula is C62H76FN5O16. The van der Waals surface area contributed by atoms with Crippen molar-refractivity contribution in [2.45, 2.75) is 143 Å². The highest BCUT2D eigenvalue weighted by Crippen LogP contribution is 2.50. The zero-order valence-corrected chi connectivity index (χ0v) is 49.2. The number of carboxylic acid groups (broad SMARTS) is 1. The molecule has 11 atom stereocenters. The lowest BCUT2D eigenvalue weighted by molar-refractivity contribution is -0.160. The molecule has 3 fully saturated rings. The fourth-order valence-corrected chi connectivity index (χ4v) is 12.9. The second kappa shape index (κ2) is 23.9. The minimum atomic E-state index is -2.15. The van der Waals surface area contributed by atoms with Crippen LogP contribution in [0.5, 0.6) is 17.2 Å². The monoisotopic (exact) mass is 1170 g/mol. The Bertz CT molecular complexity index is 3390. The Hall–Kier alpha value is -7.40. The van der Waals surface area contributed by atoms with Gasteiger partial charge in [-0.05, 0) is 70.9 Å². The van der Waals surface area contributed by atoms with Gasteiger partial charge in [0.2, 0.25) is 17.0 Å². The highest BCUT2D eigenvalue weighted by molar-refractivity contribution is 6.32. The van der Waals surface area contributed by atoms with Crippen molar-refractivity contribution < 1.29 is 77.3 Å². The van der Waals surface area contributed by atoms with Crippen molar-refractivity contribution in [3.05, 3.63) is 104 Å². The van der Waals surface area contributed by atoms with Crippen molar-refractivity contribution in [3.8, 4) is 17.2 Å². The number of carbonyl (C=O) groups excluding carboxylic acids is 5. The number of hydrogen-bond acceptors (Lipinski definition) is 18. The Morgan fingerprint density at radius 1 is 0.893 bits per heavy atom. The number of aliphatic hydroxyl groups excluding tert-OH is 2. The lowest BCUT2D eigenvalue weighted by atomic mass is 9.78. The molecular weight excluding hydrogens is 1090 g/mol. The number of allylic oxidation sites excluding steroid dienone is 4. The molecule has 6 N–H and O–H groups in total. The Labute approximate surface area is 486 Å². The number of benzene rings is 2. The molecule has 3 aromatic rings. The molecule has 21 nitrogen and oxygen atoms in total. The molecule has 452 valence electrons. The molecule has 1 amide bonds. The van der Waals surface area contributed by atoms with Crippen LogP contribution < -0.4 is 30.4 Å². The van der Waals surface area contributed by atoms with Crippen LogP contribution in [-0.2, 0) is 23.8 Å². The van der Waals surface area contributed by atoms with Gasteiger partial charge in [-0.2, -0.15) is 0 Å². The van der Waals surface area contributed by atoms with Gasteiger partial charge in [0.15, 0.2) is 11.6 Å². The van der Waals surface area contributed by atoms with E-state index in [1.54, 1.807) is 49.3 Å². The molecule has 5 bridgehead atoms. The largest absolute Gasteiger partial charge is 0.507 e. The van der Waals surface area contributed by atoms with Gasteiger partial charge in [0.05, 0.1) is 59.3 Å². The number of anilines is 1. The molecule has 5 aliphatic heterocycles. The maximum atomic E-state index is 16.3. The van der Waals surface area contributed by atoms with Crippen molar-refractivity contribution >= 4 is 51.8 Å². The van der Waals surface area contributed by atoms with E-state index in [2.05, 4.69) is 10.6 Å². The molecule has 1 aromatic heterocycles. The summed E-state index contributed by atoms with van der Waals surface area (Å²) in [4.78, 5) is 101. The normalized spacial score (nSPS) is 28.5. The molecule has 2 aromatic carbocycles. The number of phenols is 1. The quantitative estimate of drug-likeness (QED) is 0.119. The van der Waals surface area contributed by atoms with Crippen LogP contribution >= 0.6 is 0 Å². The predicted octanol–water partition coefficient (Wildman–Crippen LogP) is 6.42. The van der Waals surface area contributed by atoms with Crippen LogP contribution in [0.1, 0.15) is 141 Å². The first kappa shape index (κ1) is 61.2. The number of fused-ring (bicyclic) bond motifs is 15. The number of aliphatic hydroxyl groups is 2. The summed E-state index contributed by atoms with van der Waals surface area (Å²) in [6.45, 7) is 15.7. The van der Waals surface area contributed by atoms with Crippen LogP contribution in [0.25, 0.3) is 10.9 Å². The van der Waals surface area contributed by atoms with Gasteiger partial charge < -0.3 is 69.1 Å². The lowest BCUT2D eigenvalue weighted by Gasteiger charge is -2.39. The number of aromatic nitrogens is 1. The molecule has 2 unspecified atom stereocenters. The third-order valence-electron chi connectivity index (χ3n) is 18.1. The Morgan fingerprint density at radius 2 is 1.57 bits per heavy atom. The number of amides is 1. The number of pyridine rings is 1. The van der Waals surface area contributed by atoms with Crippen molar-refractivity contribution in [2.75, 3.05) is 45.3 Å². The average molecular weight is 1170 g/mol. The van der Waals surface area contributed by atoms with Gasteiger partial charge in [-0.1, -0.05) is 45.9 Å². The number of halogens is 1. The predicted molar refractivity (Wildman–Crippen MR) is 306 cm³/mol. The molecule has 22 heteroatoms. The summed E-state index contributed by atoms with van der Waals surface area (Å²) in [6, 6.07) is 0.831. The number of piperidine rings is 1. The van der Waals surface area contributed by atoms with Gasteiger partial charge in [-0.3, -0.25) is 28.8 Å². The Kier molecular flexibility index (Phi) is 17.4. The number of hydrogen-bond donors (Lipinski definition) is 6. The van der Waals surface area contributed by atoms with Crippen molar-refractivity contribution in [2.24, 2.45) is 29.6 Å². The summed E-state index contributed by atoms with van der Waals surface area (Å²) in [5, 5.41) is 51.2. The van der Waals surface area contributed by atoms with Gasteiger partial charge in [-0.15, -0.1) is 0 Å². The topological polar surface area (TPSA) is 282 Å². The zero-order chi connectivity index (χ0) is 61.1. The summed E-state index contributed by atoms with van der Waals surface area (Å²) in [7, 11) is 2.82. The number of phenolic OH excluding ortho intramolecular Hbond substituents is 1. The summed E-state index contributed by atoms with van der Waals surface area (Å²) in [5.74, 6) is -11.6. The number of Topliss-reactive ketones (excluding diaryl/α,β-unsaturated/α-hetero) is 3. The number of ether oxygens (including phenoxy) is 5. The van der Waals surface area contributed by atoms with E-state index in [4.69, 9.17) is 23.7 Å². The number of carbonyl (C=O) groups is 6. The van der Waals surface area contributed by atoms with Crippen molar-refractivity contribution in [1.29, 1.82) is 0 Å². The van der Waals surface area contributed by atoms with Crippen molar-refractivity contribution in [3.63, 3.8) is 0 Å². The number of aromatic hydroxyl groups is 1. The summed E-state index contributed by atoms with van der Waals surface area (Å²) >= 11 is 0. The van der Waals surface area contributed by atoms with E-state index in [1.807, 2.05) is 11.8 Å². The van der Waals surface area contributed by atoms with E-state index in [1.165, 1.54) is 66.5 Å². The first-order valence-electron chi connectivity index (χ1n) is 28.7. The minimum absolute atomic E-state index is 0.0137. The smallest absolute Gasteiger partial charge is 0.341 e. The third-order valence-corrected chi connectivity index (χ3v) is 18.1. The molecule has 2 saturated heterocycles. The van der Waals surface area contributed by atoms with E-state index < -0.39 is 128 Å².